The largest absolute Gasteiger partial charge is 0.396 e. The summed E-state index contributed by atoms with van der Waals surface area (Å²) in [6, 6.07) is 11.9. The first-order valence-electron chi connectivity index (χ1n) is 6.45. The summed E-state index contributed by atoms with van der Waals surface area (Å²) in [5.74, 6) is 0. The summed E-state index contributed by atoms with van der Waals surface area (Å²) in [7, 11) is 0. The molecule has 0 aliphatic heterocycles. The van der Waals surface area contributed by atoms with Crippen molar-refractivity contribution in [2.75, 3.05) is 6.61 Å². The third kappa shape index (κ3) is 2.37. The molecule has 102 valence electrons. The highest BCUT2D eigenvalue weighted by Crippen LogP contribution is 2.30. The maximum Gasteiger partial charge on any atom is 0.271 e. The molecule has 0 bridgehead atoms. The number of benzene rings is 1. The van der Waals surface area contributed by atoms with Gasteiger partial charge in [-0.05, 0) is 18.1 Å². The molecule has 0 unspecified atom stereocenters. The van der Waals surface area contributed by atoms with Crippen LogP contribution in [-0.2, 0) is 6.54 Å². The summed E-state index contributed by atoms with van der Waals surface area (Å²) >= 11 is 1.47. The number of aromatic nitrogens is 2. The lowest BCUT2D eigenvalue weighted by Crippen LogP contribution is -2.20. The molecule has 2 aromatic heterocycles. The van der Waals surface area contributed by atoms with Crippen LogP contribution in [0.4, 0.5) is 0 Å². The molecular weight excluding hydrogens is 272 g/mol. The van der Waals surface area contributed by atoms with Crippen LogP contribution in [0.5, 0.6) is 0 Å². The van der Waals surface area contributed by atoms with Crippen LogP contribution in [0.3, 0.4) is 0 Å². The van der Waals surface area contributed by atoms with Crippen LogP contribution in [0.15, 0.2) is 47.5 Å². The first kappa shape index (κ1) is 13.0. The minimum absolute atomic E-state index is 0.0318. The fourth-order valence-electron chi connectivity index (χ4n) is 2.09. The van der Waals surface area contributed by atoms with Gasteiger partial charge in [-0.15, -0.1) is 11.3 Å². The van der Waals surface area contributed by atoms with E-state index >= 15 is 0 Å². The molecule has 1 N–H and O–H groups in total. The summed E-state index contributed by atoms with van der Waals surface area (Å²) in [4.78, 5) is 17.7. The molecule has 0 amide bonds. The van der Waals surface area contributed by atoms with E-state index in [-0.39, 0.29) is 12.2 Å². The first-order valence-corrected chi connectivity index (χ1v) is 7.26. The zero-order valence-corrected chi connectivity index (χ0v) is 11.6. The molecule has 2 heterocycles. The summed E-state index contributed by atoms with van der Waals surface area (Å²) < 4.78 is 2.23. The van der Waals surface area contributed by atoms with Crippen molar-refractivity contribution in [1.29, 1.82) is 0 Å². The van der Waals surface area contributed by atoms with E-state index in [0.29, 0.717) is 17.7 Å². The molecule has 0 aliphatic carbocycles. The Labute approximate surface area is 120 Å². The van der Waals surface area contributed by atoms with E-state index in [0.717, 1.165) is 16.0 Å². The topological polar surface area (TPSA) is 55.1 Å². The molecule has 0 aliphatic rings. The predicted octanol–water partition coefficient (Wildman–Crippen LogP) is 2.51. The average Bonchev–Trinajstić information content (AvgIpc) is 2.93. The summed E-state index contributed by atoms with van der Waals surface area (Å²) in [6.45, 7) is 0.570. The highest BCUT2D eigenvalue weighted by Gasteiger charge is 2.10. The van der Waals surface area contributed by atoms with E-state index in [4.69, 9.17) is 5.11 Å². The number of aliphatic hydroxyl groups is 1. The Morgan fingerprint density at radius 2 is 2.05 bits per heavy atom. The van der Waals surface area contributed by atoms with Crippen LogP contribution in [0.25, 0.3) is 20.7 Å². The third-order valence-electron chi connectivity index (χ3n) is 3.12. The normalized spacial score (nSPS) is 11.1. The molecule has 0 atom stereocenters. The Morgan fingerprint density at radius 1 is 1.25 bits per heavy atom. The van der Waals surface area contributed by atoms with Gasteiger partial charge in [-0.2, -0.15) is 0 Å². The highest BCUT2D eigenvalue weighted by atomic mass is 32.1. The molecule has 3 rings (SSSR count). The quantitative estimate of drug-likeness (QED) is 0.801. The van der Waals surface area contributed by atoms with Crippen molar-refractivity contribution in [2.45, 2.75) is 13.0 Å². The van der Waals surface area contributed by atoms with Crippen LogP contribution in [0.1, 0.15) is 6.42 Å². The van der Waals surface area contributed by atoms with Crippen LogP contribution in [0, 0.1) is 0 Å². The van der Waals surface area contributed by atoms with Crippen molar-refractivity contribution in [3.8, 4) is 10.4 Å². The second-order valence-electron chi connectivity index (χ2n) is 4.51. The fourth-order valence-corrected chi connectivity index (χ4v) is 3.16. The van der Waals surface area contributed by atoms with Crippen molar-refractivity contribution in [1.82, 2.24) is 9.55 Å². The van der Waals surface area contributed by atoms with E-state index < -0.39 is 0 Å². The lowest BCUT2D eigenvalue weighted by Gasteiger charge is -2.02. The Bertz CT molecular complexity index is 777. The van der Waals surface area contributed by atoms with E-state index in [1.807, 2.05) is 36.4 Å². The lowest BCUT2D eigenvalue weighted by atomic mass is 10.2. The smallest absolute Gasteiger partial charge is 0.271 e. The van der Waals surface area contributed by atoms with Crippen molar-refractivity contribution >= 4 is 21.6 Å². The number of aryl methyl sites for hydroxylation is 1. The third-order valence-corrected chi connectivity index (χ3v) is 4.28. The van der Waals surface area contributed by atoms with Gasteiger partial charge >= 0.3 is 0 Å². The monoisotopic (exact) mass is 286 g/mol. The van der Waals surface area contributed by atoms with Gasteiger partial charge in [0, 0.05) is 18.0 Å². The van der Waals surface area contributed by atoms with Gasteiger partial charge in [0.1, 0.15) is 4.70 Å². The molecule has 0 spiro atoms. The van der Waals surface area contributed by atoms with Crippen LogP contribution in [0.2, 0.25) is 0 Å². The number of aliphatic hydroxyl groups excluding tert-OH is 1. The number of rotatable bonds is 4. The zero-order chi connectivity index (χ0) is 13.9. The molecule has 0 saturated heterocycles. The molecular formula is C15H14N2O2S. The van der Waals surface area contributed by atoms with Crippen LogP contribution in [-0.4, -0.2) is 21.3 Å². The molecule has 0 radical (unpaired) electrons. The first-order chi connectivity index (χ1) is 9.79. The van der Waals surface area contributed by atoms with Crippen molar-refractivity contribution in [3.05, 3.63) is 53.1 Å². The maximum atomic E-state index is 12.3. The van der Waals surface area contributed by atoms with E-state index in [1.54, 1.807) is 10.9 Å². The van der Waals surface area contributed by atoms with Crippen molar-refractivity contribution < 1.29 is 5.11 Å². The summed E-state index contributed by atoms with van der Waals surface area (Å²) in [5, 5.41) is 8.85. The van der Waals surface area contributed by atoms with Gasteiger partial charge in [0.15, 0.2) is 0 Å². The van der Waals surface area contributed by atoms with Crippen LogP contribution >= 0.6 is 11.3 Å². The van der Waals surface area contributed by atoms with Gasteiger partial charge < -0.3 is 5.11 Å². The molecule has 1 aromatic carbocycles. The summed E-state index contributed by atoms with van der Waals surface area (Å²) in [5.41, 5.74) is 1.80. The van der Waals surface area contributed by atoms with Gasteiger partial charge in [0.25, 0.3) is 5.56 Å². The Hall–Kier alpha value is -1.98. The van der Waals surface area contributed by atoms with Gasteiger partial charge in [0.2, 0.25) is 0 Å². The Morgan fingerprint density at radius 3 is 2.80 bits per heavy atom. The van der Waals surface area contributed by atoms with Gasteiger partial charge in [-0.3, -0.25) is 9.36 Å². The minimum atomic E-state index is -0.0318. The fraction of sp³-hybridized carbons (Fsp3) is 0.200. The predicted molar refractivity (Wildman–Crippen MR) is 81.0 cm³/mol. The van der Waals surface area contributed by atoms with E-state index in [2.05, 4.69) is 4.98 Å². The average molecular weight is 286 g/mol. The second kappa shape index (κ2) is 5.56. The van der Waals surface area contributed by atoms with Gasteiger partial charge in [0.05, 0.1) is 11.8 Å². The molecule has 0 saturated carbocycles. The molecule has 20 heavy (non-hydrogen) atoms. The van der Waals surface area contributed by atoms with Gasteiger partial charge in [-0.1, -0.05) is 30.3 Å². The number of nitrogens with zero attached hydrogens (tertiary/aromatic N) is 2. The van der Waals surface area contributed by atoms with Crippen molar-refractivity contribution in [2.24, 2.45) is 0 Å². The maximum absolute atomic E-state index is 12.3. The van der Waals surface area contributed by atoms with Crippen molar-refractivity contribution in [3.63, 3.8) is 0 Å². The lowest BCUT2D eigenvalue weighted by molar-refractivity contribution is 0.279. The molecule has 3 aromatic rings. The highest BCUT2D eigenvalue weighted by molar-refractivity contribution is 7.22. The standard InChI is InChI=1S/C15H14N2O2S/c18-8-4-7-17-10-16-12-9-13(20-14(12)15(17)19)11-5-2-1-3-6-11/h1-3,5-6,9-10,18H,4,7-8H2. The van der Waals surface area contributed by atoms with Crippen LogP contribution < -0.4 is 5.56 Å². The second-order valence-corrected chi connectivity index (χ2v) is 5.56. The number of hydrogen-bond acceptors (Lipinski definition) is 4. The number of fused-ring (bicyclic) bond motifs is 1. The van der Waals surface area contributed by atoms with E-state index in [1.165, 1.54) is 11.3 Å². The molecule has 5 heteroatoms. The Kier molecular flexibility index (Phi) is 3.62. The summed E-state index contributed by atoms with van der Waals surface area (Å²) in [6.07, 6.45) is 2.12. The number of thiophene rings is 1. The Balaban J connectivity index is 2.08. The molecule has 0 fully saturated rings. The zero-order valence-electron chi connectivity index (χ0n) is 10.8. The number of hydrogen-bond donors (Lipinski definition) is 1. The minimum Gasteiger partial charge on any atom is -0.396 e. The molecule has 4 nitrogen and oxygen atoms in total. The SMILES string of the molecule is O=c1c2sc(-c3ccccc3)cc2ncn1CCCO. The van der Waals surface area contributed by atoms with Gasteiger partial charge in [-0.25, -0.2) is 4.98 Å². The van der Waals surface area contributed by atoms with E-state index in [9.17, 15) is 4.79 Å².